The van der Waals surface area contributed by atoms with Crippen molar-refractivity contribution in [1.29, 1.82) is 0 Å². The standard InChI is InChI=1S/C22H23F2N5O2.C15H15ClF2N4O.C13H26B2O4.C13H20BNO3.C7H8BrNO.C7H6BrNO/c1-12-5-17(15-6-14(13(2)30)7-25-8-15)27-20-19(12)21(31)29(22(20,3)4)16-9-26-28(10-16)11-18(23)24;1-8-4-10(16)20-13-12(8)14(23)22(15(13,2)3)9-5-19-21(6-9)7-11(17)18;1-10(2)11(3,4)17-14(16-10)9-15-18-12(5,6)13(7,8)19-15;1-9(16)10-6-11(8-15-7-10)14-17-12(2,3)13(4,5)18-14;2*1-5(10)6-2-7(8)4-9-3-6/h5-10,13,18,30H,11H2,1-4H3;4-6,11H,7H2,1-3H3;9H2,1-8H3;6-9,16H,1-5H3;2-5,10H,1H3;2-4H,1H3/t13-;;;9-;5-;/m0..00./s1. The Hall–Kier alpha value is -7.27. The van der Waals surface area contributed by atoms with E-state index in [4.69, 9.17) is 49.6 Å². The zero-order chi connectivity index (χ0) is 82.8. The summed E-state index contributed by atoms with van der Waals surface area (Å²) in [5, 5.41) is 36.7. The molecule has 111 heavy (non-hydrogen) atoms. The minimum absolute atomic E-state index is 0.0359. The molecule has 0 unspecified atom stereocenters. The molecule has 0 saturated carbocycles. The molecule has 0 aliphatic carbocycles. The maximum Gasteiger partial charge on any atom is 0.496 e. The number of fused-ring (bicyclic) bond motifs is 2. The third-order valence-corrected chi connectivity index (χ3v) is 21.6. The van der Waals surface area contributed by atoms with E-state index >= 15 is 0 Å². The fourth-order valence-corrected chi connectivity index (χ4v) is 13.3. The number of rotatable bonds is 14. The molecule has 596 valence electrons. The van der Waals surface area contributed by atoms with Crippen molar-refractivity contribution in [1.82, 2.24) is 49.5 Å². The summed E-state index contributed by atoms with van der Waals surface area (Å²) in [6.07, 6.45) is 12.8. The number of aliphatic hydroxyl groups excluding tert-OH is 3. The molecule has 0 bridgehead atoms. The van der Waals surface area contributed by atoms with Crippen LogP contribution in [0, 0.1) is 13.8 Å². The van der Waals surface area contributed by atoms with Crippen LogP contribution in [0.25, 0.3) is 11.3 Å². The average molecular weight is 1690 g/mol. The number of anilines is 2. The highest BCUT2D eigenvalue weighted by molar-refractivity contribution is 9.10. The van der Waals surface area contributed by atoms with E-state index in [1.807, 2.05) is 86.6 Å². The normalized spacial score (nSPS) is 19.0. The van der Waals surface area contributed by atoms with Gasteiger partial charge in [-0.15, -0.1) is 0 Å². The maximum absolute atomic E-state index is 13.3. The summed E-state index contributed by atoms with van der Waals surface area (Å²) in [5.41, 5.74) is 6.15. The Morgan fingerprint density at radius 3 is 1.28 bits per heavy atom. The van der Waals surface area contributed by atoms with Gasteiger partial charge in [0.2, 0.25) is 0 Å². The van der Waals surface area contributed by atoms with Crippen molar-refractivity contribution >= 4 is 99.3 Å². The number of pyridine rings is 6. The molecule has 3 atom stereocenters. The van der Waals surface area contributed by atoms with Crippen LogP contribution in [0.15, 0.2) is 120 Å². The Balaban J connectivity index is 0.000000174. The number of alkyl halides is 4. The second kappa shape index (κ2) is 34.8. The first-order valence-electron chi connectivity index (χ1n) is 36.0. The van der Waals surface area contributed by atoms with Crippen molar-refractivity contribution in [3.63, 3.8) is 0 Å². The Labute approximate surface area is 669 Å². The molecular formula is C77H98B3Br2ClF4N12O12. The third kappa shape index (κ3) is 20.8. The van der Waals surface area contributed by atoms with Gasteiger partial charge < -0.3 is 43.2 Å². The van der Waals surface area contributed by atoms with E-state index in [1.165, 1.54) is 36.6 Å². The first-order valence-corrected chi connectivity index (χ1v) is 38.0. The molecule has 3 N–H and O–H groups in total. The molecule has 3 fully saturated rings. The van der Waals surface area contributed by atoms with Gasteiger partial charge in [-0.2, -0.15) is 10.2 Å². The fourth-order valence-electron chi connectivity index (χ4n) is 12.3. The molecule has 34 heteroatoms. The van der Waals surface area contributed by atoms with E-state index < -0.39 is 62.4 Å². The van der Waals surface area contributed by atoms with Crippen LogP contribution >= 0.6 is 43.5 Å². The van der Waals surface area contributed by atoms with Crippen LogP contribution in [0.4, 0.5) is 28.9 Å². The van der Waals surface area contributed by atoms with Gasteiger partial charge in [-0.3, -0.25) is 53.5 Å². The Morgan fingerprint density at radius 2 is 0.883 bits per heavy atom. The van der Waals surface area contributed by atoms with Crippen LogP contribution in [0.1, 0.15) is 227 Å². The van der Waals surface area contributed by atoms with E-state index in [9.17, 15) is 42.2 Å². The largest absolute Gasteiger partial charge is 0.496 e. The number of aryl methyl sites for hydroxylation is 2. The number of halogens is 7. The van der Waals surface area contributed by atoms with E-state index in [0.29, 0.717) is 62.1 Å². The maximum atomic E-state index is 13.3. The first kappa shape index (κ1) is 89.3. The number of hydrogen-bond donors (Lipinski definition) is 3. The molecule has 5 aliphatic rings. The molecule has 8 aromatic rings. The van der Waals surface area contributed by atoms with Gasteiger partial charge in [-0.05, 0) is 242 Å². The zero-order valence-electron chi connectivity index (χ0n) is 66.7. The molecule has 13 heterocycles. The Bertz CT molecular complexity index is 4570. The summed E-state index contributed by atoms with van der Waals surface area (Å²) >= 11 is 12.5. The summed E-state index contributed by atoms with van der Waals surface area (Å²) in [5.74, 6) is -0.443. The van der Waals surface area contributed by atoms with Gasteiger partial charge in [0.05, 0.1) is 115 Å². The number of carbonyl (C=O) groups is 3. The molecule has 3 saturated heterocycles. The van der Waals surface area contributed by atoms with Crippen molar-refractivity contribution in [2.75, 3.05) is 9.80 Å². The summed E-state index contributed by atoms with van der Waals surface area (Å²) in [6.45, 7) is 41.1. The SMILES string of the molecule is CC(=O)c1cncc(Br)c1.CC1(C)OB(CB2OC(C)(C)C(C)(C)O2)OC1(C)C.C[C@H](O)c1cncc(B2OC(C)(C)C(C)(C)O2)c1.C[C@H](O)c1cncc(Br)c1.Cc1cc(-c2cncc([C@H](C)O)c2)nc2c1C(=O)N(c1cnn(CC(F)F)c1)C2(C)C.Cc1cc(Cl)nc2c1C(=O)N(c1cnn(CC(F)F)c1)C2(C)C. The number of aliphatic hydroxyl groups is 3. The van der Waals surface area contributed by atoms with Gasteiger partial charge in [-0.25, -0.2) is 27.5 Å². The molecule has 8 aromatic heterocycles. The van der Waals surface area contributed by atoms with Crippen LogP contribution in [-0.4, -0.2) is 150 Å². The number of Topliss-reactive ketones (excluding diaryl/α,β-unsaturated/α-hetero) is 1. The van der Waals surface area contributed by atoms with Gasteiger partial charge in [0.15, 0.2) is 5.78 Å². The van der Waals surface area contributed by atoms with Gasteiger partial charge in [-0.1, -0.05) is 17.7 Å². The van der Waals surface area contributed by atoms with E-state index in [-0.39, 0.29) is 65.4 Å². The van der Waals surface area contributed by atoms with Crippen LogP contribution in [0.3, 0.4) is 0 Å². The summed E-state index contributed by atoms with van der Waals surface area (Å²) in [4.78, 5) is 65.1. The molecule has 24 nitrogen and oxygen atoms in total. The van der Waals surface area contributed by atoms with Crippen LogP contribution in [0.2, 0.25) is 11.4 Å². The second-order valence-corrected chi connectivity index (χ2v) is 33.9. The van der Waals surface area contributed by atoms with Crippen molar-refractivity contribution in [2.24, 2.45) is 0 Å². The Kier molecular flexibility index (Phi) is 28.0. The van der Waals surface area contributed by atoms with Gasteiger partial charge in [0.1, 0.15) is 18.2 Å². The highest BCUT2D eigenvalue weighted by Gasteiger charge is 2.58. The molecule has 0 aromatic carbocycles. The van der Waals surface area contributed by atoms with Crippen LogP contribution in [-0.2, 0) is 52.1 Å². The van der Waals surface area contributed by atoms with Crippen LogP contribution in [0.5, 0.6) is 0 Å². The number of amides is 2. The highest BCUT2D eigenvalue weighted by Crippen LogP contribution is 2.46. The summed E-state index contributed by atoms with van der Waals surface area (Å²) in [6, 6.07) is 10.7. The topological polar surface area (TPSA) is 287 Å². The van der Waals surface area contributed by atoms with Gasteiger partial charge in [0, 0.05) is 93.7 Å². The first-order chi connectivity index (χ1) is 51.3. The van der Waals surface area contributed by atoms with E-state index in [2.05, 4.69) is 122 Å². The lowest BCUT2D eigenvalue weighted by atomic mass is 9.64. The zero-order valence-corrected chi connectivity index (χ0v) is 70.6. The molecular weight excluding hydrogens is 1590 g/mol. The summed E-state index contributed by atoms with van der Waals surface area (Å²) < 4.78 is 90.2. The van der Waals surface area contributed by atoms with Crippen molar-refractivity contribution in [2.45, 2.75) is 247 Å². The number of ketones is 1. The Morgan fingerprint density at radius 1 is 0.505 bits per heavy atom. The minimum Gasteiger partial charge on any atom is -0.404 e. The lowest BCUT2D eigenvalue weighted by Crippen LogP contribution is -2.41. The fraction of sp³-hybridized carbons (Fsp3) is 0.494. The predicted molar refractivity (Wildman–Crippen MR) is 425 cm³/mol. The molecule has 13 rings (SSSR count). The quantitative estimate of drug-likeness (QED) is 0.0394. The molecule has 5 aliphatic heterocycles. The second-order valence-electron chi connectivity index (χ2n) is 31.7. The lowest BCUT2D eigenvalue weighted by Gasteiger charge is -2.32. The third-order valence-electron chi connectivity index (χ3n) is 20.6. The summed E-state index contributed by atoms with van der Waals surface area (Å²) in [7, 11) is -0.986. The van der Waals surface area contributed by atoms with E-state index in [1.54, 1.807) is 94.3 Å². The molecule has 0 spiro atoms. The lowest BCUT2D eigenvalue weighted by molar-refractivity contribution is 0.00578. The number of hydrogen-bond acceptors (Lipinski definition) is 20. The van der Waals surface area contributed by atoms with E-state index in [0.717, 1.165) is 51.6 Å². The van der Waals surface area contributed by atoms with Crippen molar-refractivity contribution in [3.8, 4) is 11.3 Å². The number of aromatic nitrogens is 10. The minimum atomic E-state index is -2.54. The monoisotopic (exact) mass is 1680 g/mol. The molecule has 0 radical (unpaired) electrons. The molecule has 2 amide bonds. The van der Waals surface area contributed by atoms with Gasteiger partial charge >= 0.3 is 21.4 Å². The number of nitrogens with zero attached hydrogens (tertiary/aromatic N) is 12. The van der Waals surface area contributed by atoms with Crippen molar-refractivity contribution < 1.29 is 75.2 Å². The highest BCUT2D eigenvalue weighted by atomic mass is 79.9. The average Bonchev–Trinajstić information content (AvgIpc) is 1.58. The van der Waals surface area contributed by atoms with Crippen LogP contribution < -0.4 is 15.3 Å². The predicted octanol–water partition coefficient (Wildman–Crippen LogP) is 15.4. The number of carbonyl (C=O) groups excluding carboxylic acids is 3. The smallest absolute Gasteiger partial charge is 0.404 e. The van der Waals surface area contributed by atoms with Gasteiger partial charge in [0.25, 0.3) is 24.7 Å². The van der Waals surface area contributed by atoms with Crippen molar-refractivity contribution in [3.05, 3.63) is 181 Å².